The average molecular weight is 701 g/mol. The molecule has 6 heterocycles. The van der Waals surface area contributed by atoms with Crippen LogP contribution >= 0.6 is 11.6 Å². The highest BCUT2D eigenvalue weighted by molar-refractivity contribution is 6.30. The maximum absolute atomic E-state index is 15.3. The molecule has 0 N–H and O–H groups in total. The zero-order valence-corrected chi connectivity index (χ0v) is 28.2. The molecule has 2 aromatic heterocycles. The van der Waals surface area contributed by atoms with Crippen LogP contribution in [0.25, 0.3) is 10.9 Å². The number of hydrogen-bond donors (Lipinski definition) is 0. The highest BCUT2D eigenvalue weighted by Gasteiger charge is 2.46. The van der Waals surface area contributed by atoms with Crippen molar-refractivity contribution >= 4 is 40.3 Å². The van der Waals surface area contributed by atoms with Crippen molar-refractivity contribution in [2.24, 2.45) is 0 Å². The molecule has 48 heavy (non-hydrogen) atoms. The van der Waals surface area contributed by atoms with Gasteiger partial charge in [0.05, 0.1) is 17.5 Å². The van der Waals surface area contributed by atoms with E-state index in [0.717, 1.165) is 30.6 Å². The first-order chi connectivity index (χ1) is 22.6. The summed E-state index contributed by atoms with van der Waals surface area (Å²) in [6.45, 7) is 8.17. The van der Waals surface area contributed by atoms with Crippen LogP contribution < -0.4 is 9.64 Å². The summed E-state index contributed by atoms with van der Waals surface area (Å²) in [5.74, 6) is -2.10. The molecule has 2 aromatic rings. The molecule has 0 radical (unpaired) electrons. The molecule has 12 nitrogen and oxygen atoms in total. The van der Waals surface area contributed by atoms with E-state index < -0.39 is 23.5 Å². The Morgan fingerprint density at radius 2 is 1.62 bits per heavy atom. The Kier molecular flexibility index (Phi) is 9.54. The normalized spacial score (nSPS) is 25.6. The Labute approximate surface area is 281 Å². The van der Waals surface area contributed by atoms with Gasteiger partial charge in [-0.05, 0) is 53.5 Å². The van der Waals surface area contributed by atoms with Crippen LogP contribution in [0, 0.1) is 5.82 Å². The number of rotatable bonds is 6. The van der Waals surface area contributed by atoms with Crippen LogP contribution in [0.1, 0.15) is 46.5 Å². The molecule has 6 rings (SSSR count). The van der Waals surface area contributed by atoms with Gasteiger partial charge in [-0.1, -0.05) is 11.6 Å². The number of halogens is 5. The molecule has 4 fully saturated rings. The Hall–Kier alpha value is -3.24. The average Bonchev–Trinajstić information content (AvgIpc) is 3.50. The molecule has 4 aliphatic heterocycles. The molecule has 17 heteroatoms. The zero-order valence-electron chi connectivity index (χ0n) is 27.5. The minimum absolute atomic E-state index is 0.00211. The summed E-state index contributed by atoms with van der Waals surface area (Å²) in [7, 11) is 1.98. The monoisotopic (exact) mass is 700 g/mol. The van der Waals surface area contributed by atoms with Crippen LogP contribution in [0.5, 0.6) is 6.01 Å². The highest BCUT2D eigenvalue weighted by Crippen LogP contribution is 2.37. The maximum atomic E-state index is 15.3. The summed E-state index contributed by atoms with van der Waals surface area (Å²) in [5, 5.41) is 0.0827. The van der Waals surface area contributed by atoms with Gasteiger partial charge in [0.15, 0.2) is 11.0 Å². The lowest BCUT2D eigenvalue weighted by Gasteiger charge is -2.42. The molecule has 4 atom stereocenters. The smallest absolute Gasteiger partial charge is 0.462 e. The summed E-state index contributed by atoms with van der Waals surface area (Å²) < 4.78 is 65.5. The number of carbonyl (C=O) groups excluding carboxylic acids is 2. The quantitative estimate of drug-likeness (QED) is 0.325. The molecule has 2 amide bonds. The molecular formula is C31H41ClF4N8O4. The Morgan fingerprint density at radius 1 is 0.979 bits per heavy atom. The number of amides is 2. The first kappa shape index (κ1) is 34.6. The van der Waals surface area contributed by atoms with Gasteiger partial charge in [-0.15, -0.1) is 0 Å². The number of piperazine rings is 2. The van der Waals surface area contributed by atoms with E-state index in [9.17, 15) is 22.8 Å². The molecule has 264 valence electrons. The fourth-order valence-electron chi connectivity index (χ4n) is 7.29. The van der Waals surface area contributed by atoms with Crippen molar-refractivity contribution in [3.63, 3.8) is 0 Å². The zero-order chi connectivity index (χ0) is 34.5. The van der Waals surface area contributed by atoms with Crippen molar-refractivity contribution < 1.29 is 36.6 Å². The first-order valence-electron chi connectivity index (χ1n) is 16.3. The lowest BCUT2D eigenvalue weighted by atomic mass is 10.1. The standard InChI is InChI=1S/C31H41ClF4N8O4/c1-30(2,3)48-29(46)44-19-6-7-20(44)16-43(15-19)26-22-13-37-25(32)23(33)24(22)38-28(39-26)47-17-21-8-5-18(40(21)4)14-41-9-11-42(12-10-41)27(45)31(34,35)36/h13,18-21H,5-12,14-17H2,1-4H3. The van der Waals surface area contributed by atoms with Crippen LogP contribution in [0.15, 0.2) is 6.20 Å². The van der Waals surface area contributed by atoms with Crippen LogP contribution in [-0.2, 0) is 9.53 Å². The van der Waals surface area contributed by atoms with Gasteiger partial charge in [0, 0.05) is 64.1 Å². The topological polar surface area (TPSA) is 107 Å². The minimum Gasteiger partial charge on any atom is -0.462 e. The summed E-state index contributed by atoms with van der Waals surface area (Å²) in [6, 6.07) is -0.0472. The molecule has 4 unspecified atom stereocenters. The molecule has 0 spiro atoms. The van der Waals surface area contributed by atoms with E-state index in [-0.39, 0.29) is 66.6 Å². The third-order valence-electron chi connectivity index (χ3n) is 9.75. The van der Waals surface area contributed by atoms with Crippen molar-refractivity contribution in [3.8, 4) is 6.01 Å². The van der Waals surface area contributed by atoms with Gasteiger partial charge in [-0.2, -0.15) is 23.1 Å². The van der Waals surface area contributed by atoms with Crippen molar-refractivity contribution in [3.05, 3.63) is 17.2 Å². The largest absolute Gasteiger partial charge is 0.471 e. The number of alkyl halides is 3. The van der Waals surface area contributed by atoms with Gasteiger partial charge < -0.3 is 19.3 Å². The number of fused-ring (bicyclic) bond motifs is 3. The number of nitrogens with zero attached hydrogens (tertiary/aromatic N) is 8. The second-order valence-corrected chi connectivity index (χ2v) is 14.4. The van der Waals surface area contributed by atoms with Crippen molar-refractivity contribution in [2.75, 3.05) is 64.4 Å². The van der Waals surface area contributed by atoms with Crippen molar-refractivity contribution in [1.82, 2.24) is 34.6 Å². The molecular weight excluding hydrogens is 660 g/mol. The Bertz CT molecular complexity index is 1520. The van der Waals surface area contributed by atoms with Gasteiger partial charge in [0.2, 0.25) is 0 Å². The van der Waals surface area contributed by atoms with Gasteiger partial charge in [-0.3, -0.25) is 19.5 Å². The molecule has 0 aromatic carbocycles. The molecule has 4 aliphatic rings. The SMILES string of the molecule is CN1C(COc2nc(N3CC4CCC(C3)N4C(=O)OC(C)(C)C)c3cnc(Cl)c(F)c3n2)CCC1CN1CCN(C(=O)C(F)(F)F)CC1. The maximum Gasteiger partial charge on any atom is 0.471 e. The number of ether oxygens (including phenoxy) is 2. The summed E-state index contributed by atoms with van der Waals surface area (Å²) in [6.07, 6.45) is -0.463. The lowest BCUT2D eigenvalue weighted by molar-refractivity contribution is -0.187. The van der Waals surface area contributed by atoms with Gasteiger partial charge in [0.25, 0.3) is 0 Å². The third kappa shape index (κ3) is 7.20. The van der Waals surface area contributed by atoms with Crippen LogP contribution in [-0.4, -0.2) is 142 Å². The molecule has 0 aliphatic carbocycles. The van der Waals surface area contributed by atoms with Crippen molar-refractivity contribution in [2.45, 2.75) is 82.4 Å². The van der Waals surface area contributed by atoms with Crippen LogP contribution in [0.3, 0.4) is 0 Å². The summed E-state index contributed by atoms with van der Waals surface area (Å²) in [4.78, 5) is 46.7. The minimum atomic E-state index is -4.86. The second kappa shape index (κ2) is 13.2. The van der Waals surface area contributed by atoms with Crippen molar-refractivity contribution in [1.29, 1.82) is 0 Å². The predicted molar refractivity (Wildman–Crippen MR) is 169 cm³/mol. The van der Waals surface area contributed by atoms with Gasteiger partial charge >= 0.3 is 24.2 Å². The number of aromatic nitrogens is 3. The molecule has 2 bridgehead atoms. The van der Waals surface area contributed by atoms with E-state index in [1.165, 1.54) is 6.20 Å². The van der Waals surface area contributed by atoms with E-state index in [4.69, 9.17) is 26.1 Å². The Morgan fingerprint density at radius 3 is 2.25 bits per heavy atom. The van der Waals surface area contributed by atoms with E-state index in [1.807, 2.05) is 37.6 Å². The number of likely N-dealkylation sites (N-methyl/N-ethyl adjacent to an activating group) is 1. The Balaban J connectivity index is 1.12. The summed E-state index contributed by atoms with van der Waals surface area (Å²) >= 11 is 6.04. The summed E-state index contributed by atoms with van der Waals surface area (Å²) in [5.41, 5.74) is -0.618. The highest BCUT2D eigenvalue weighted by atomic mass is 35.5. The third-order valence-corrected chi connectivity index (χ3v) is 10.0. The number of anilines is 1. The molecule has 4 saturated heterocycles. The van der Waals surface area contributed by atoms with Gasteiger partial charge in [0.1, 0.15) is 23.5 Å². The number of carbonyl (C=O) groups is 2. The number of likely N-dealkylation sites (tertiary alicyclic amines) is 1. The van der Waals surface area contributed by atoms with Gasteiger partial charge in [-0.25, -0.2) is 14.2 Å². The van der Waals surface area contributed by atoms with E-state index >= 15 is 4.39 Å². The second-order valence-electron chi connectivity index (χ2n) is 14.1. The fraction of sp³-hybridized carbons (Fsp3) is 0.710. The first-order valence-corrected chi connectivity index (χ1v) is 16.7. The number of hydrogen-bond acceptors (Lipinski definition) is 10. The van der Waals surface area contributed by atoms with Crippen LogP contribution in [0.4, 0.5) is 28.2 Å². The fourth-order valence-corrected chi connectivity index (χ4v) is 7.42. The number of pyridine rings is 1. The van der Waals surface area contributed by atoms with E-state index in [2.05, 4.69) is 19.8 Å². The van der Waals surface area contributed by atoms with E-state index in [0.29, 0.717) is 43.9 Å². The predicted octanol–water partition coefficient (Wildman–Crippen LogP) is 3.95. The van der Waals surface area contributed by atoms with E-state index in [1.54, 1.807) is 0 Å². The lowest BCUT2D eigenvalue weighted by Crippen LogP contribution is -2.57. The molecule has 0 saturated carbocycles. The van der Waals surface area contributed by atoms with Crippen LogP contribution in [0.2, 0.25) is 5.15 Å².